The molecule has 0 N–H and O–H groups in total. The van der Waals surface area contributed by atoms with Crippen LogP contribution in [0.2, 0.25) is 0 Å². The van der Waals surface area contributed by atoms with Gasteiger partial charge in [0.05, 0.1) is 5.92 Å². The van der Waals surface area contributed by atoms with Gasteiger partial charge in [0.15, 0.2) is 0 Å². The Balaban J connectivity index is 2.14. The Morgan fingerprint density at radius 3 is 2.62 bits per heavy atom. The first-order valence-electron chi connectivity index (χ1n) is 4.64. The van der Waals surface area contributed by atoms with Gasteiger partial charge in [-0.3, -0.25) is 4.79 Å². The molecule has 4 nitrogen and oxygen atoms in total. The predicted octanol–water partition coefficient (Wildman–Crippen LogP) is 0.961. The summed E-state index contributed by atoms with van der Waals surface area (Å²) in [5, 5.41) is 12.2. The van der Waals surface area contributed by atoms with E-state index in [0.717, 1.165) is 5.06 Å². The molecule has 0 amide bonds. The van der Waals surface area contributed by atoms with Crippen LogP contribution in [0.5, 0.6) is 0 Å². The number of cyclic esters (lactones) is 1. The van der Waals surface area contributed by atoms with Crippen molar-refractivity contribution in [1.29, 1.82) is 0 Å². The van der Waals surface area contributed by atoms with Crippen LogP contribution in [0.4, 0.5) is 0 Å². The molecule has 1 aliphatic carbocycles. The number of rotatable bonds is 2. The Labute approximate surface area is 77.4 Å². The van der Waals surface area contributed by atoms with Crippen molar-refractivity contribution >= 4 is 5.97 Å². The molecule has 0 bridgehead atoms. The lowest BCUT2D eigenvalue weighted by Gasteiger charge is -2.34. The van der Waals surface area contributed by atoms with Crippen molar-refractivity contribution < 1.29 is 9.53 Å². The summed E-state index contributed by atoms with van der Waals surface area (Å²) in [7, 11) is 0. The van der Waals surface area contributed by atoms with E-state index in [1.54, 1.807) is 6.92 Å². The predicted molar refractivity (Wildman–Crippen MR) is 46.4 cm³/mol. The SMILES string of the molecule is CCN([O-])C1OC(=O)C2C1C2(C)C. The summed E-state index contributed by atoms with van der Waals surface area (Å²) in [6.07, 6.45) is -0.530. The molecule has 2 rings (SSSR count). The first-order chi connectivity index (χ1) is 6.00. The summed E-state index contributed by atoms with van der Waals surface area (Å²) in [5.41, 5.74) is -0.0299. The van der Waals surface area contributed by atoms with Crippen molar-refractivity contribution in [3.63, 3.8) is 0 Å². The summed E-state index contributed by atoms with van der Waals surface area (Å²) < 4.78 is 4.99. The number of ether oxygens (including phenoxy) is 1. The number of hydroxylamine groups is 2. The van der Waals surface area contributed by atoms with Crippen LogP contribution >= 0.6 is 0 Å². The highest BCUT2D eigenvalue weighted by atomic mass is 16.6. The lowest BCUT2D eigenvalue weighted by molar-refractivity contribution is -0.154. The molecule has 1 saturated heterocycles. The zero-order valence-corrected chi connectivity index (χ0v) is 8.11. The quantitative estimate of drug-likeness (QED) is 0.474. The maximum absolute atomic E-state index is 11.3. The van der Waals surface area contributed by atoms with E-state index in [2.05, 4.69) is 0 Å². The lowest BCUT2D eigenvalue weighted by atomic mass is 10.1. The standard InChI is InChI=1S/C9H14NO3/c1-4-10(12)7-5-6(8(11)13-7)9(5,2)3/h5-7H,4H2,1-3H3/q-1. The largest absolute Gasteiger partial charge is 0.783 e. The van der Waals surface area contributed by atoms with Crippen molar-refractivity contribution in [3.05, 3.63) is 5.21 Å². The van der Waals surface area contributed by atoms with Crippen LogP contribution in [-0.2, 0) is 9.53 Å². The van der Waals surface area contributed by atoms with Gasteiger partial charge in [-0.25, -0.2) is 0 Å². The zero-order valence-electron chi connectivity index (χ0n) is 8.11. The third-order valence-electron chi connectivity index (χ3n) is 3.30. The number of esters is 1. The van der Waals surface area contributed by atoms with Gasteiger partial charge in [-0.15, -0.1) is 0 Å². The molecule has 0 aromatic carbocycles. The Bertz CT molecular complexity index is 251. The van der Waals surface area contributed by atoms with E-state index in [9.17, 15) is 10.0 Å². The second-order valence-corrected chi connectivity index (χ2v) is 4.39. The fraction of sp³-hybridized carbons (Fsp3) is 0.889. The maximum atomic E-state index is 11.3. The normalized spacial score (nSPS) is 40.4. The van der Waals surface area contributed by atoms with Crippen molar-refractivity contribution in [2.24, 2.45) is 17.3 Å². The maximum Gasteiger partial charge on any atom is 0.311 e. The Morgan fingerprint density at radius 1 is 1.62 bits per heavy atom. The molecule has 2 fully saturated rings. The van der Waals surface area contributed by atoms with Crippen LogP contribution in [0.1, 0.15) is 20.8 Å². The highest BCUT2D eigenvalue weighted by Gasteiger charge is 2.71. The highest BCUT2D eigenvalue weighted by molar-refractivity contribution is 5.80. The molecular formula is C9H14NO3-. The molecule has 3 unspecified atom stereocenters. The van der Waals surface area contributed by atoms with Crippen molar-refractivity contribution in [3.8, 4) is 0 Å². The molecule has 13 heavy (non-hydrogen) atoms. The topological polar surface area (TPSA) is 52.6 Å². The number of carbonyl (C=O) groups excluding carboxylic acids is 1. The van der Waals surface area contributed by atoms with Crippen LogP contribution in [0.25, 0.3) is 0 Å². The Hall–Kier alpha value is -0.610. The number of hydrogen-bond donors (Lipinski definition) is 0. The second kappa shape index (κ2) is 2.45. The van der Waals surface area contributed by atoms with E-state index < -0.39 is 6.23 Å². The van der Waals surface area contributed by atoms with Crippen molar-refractivity contribution in [1.82, 2.24) is 5.06 Å². The molecule has 0 aromatic heterocycles. The minimum absolute atomic E-state index is 0.0299. The average molecular weight is 184 g/mol. The van der Waals surface area contributed by atoms with Crippen LogP contribution in [0.15, 0.2) is 0 Å². The van der Waals surface area contributed by atoms with Gasteiger partial charge in [0.25, 0.3) is 0 Å². The number of fused-ring (bicyclic) bond motifs is 1. The Kier molecular flexibility index (Phi) is 1.69. The molecule has 3 atom stereocenters. The zero-order chi connectivity index (χ0) is 9.80. The first kappa shape index (κ1) is 8.97. The fourth-order valence-electron chi connectivity index (χ4n) is 2.34. The molecule has 74 valence electrons. The third kappa shape index (κ3) is 1.02. The highest BCUT2D eigenvalue weighted by Crippen LogP contribution is 2.65. The van der Waals surface area contributed by atoms with E-state index in [4.69, 9.17) is 4.74 Å². The van der Waals surface area contributed by atoms with Gasteiger partial charge in [0.1, 0.15) is 6.23 Å². The summed E-state index contributed by atoms with van der Waals surface area (Å²) in [5.74, 6) is -0.132. The number of carbonyl (C=O) groups is 1. The second-order valence-electron chi connectivity index (χ2n) is 4.39. The molecular weight excluding hydrogens is 170 g/mol. The summed E-state index contributed by atoms with van der Waals surface area (Å²) in [6.45, 7) is 6.17. The summed E-state index contributed by atoms with van der Waals surface area (Å²) in [4.78, 5) is 11.3. The Morgan fingerprint density at radius 2 is 2.23 bits per heavy atom. The summed E-state index contributed by atoms with van der Waals surface area (Å²) in [6, 6.07) is 0. The molecule has 0 aromatic rings. The number of nitrogens with zero attached hydrogens (tertiary/aromatic N) is 1. The molecule has 4 heteroatoms. The van der Waals surface area contributed by atoms with E-state index in [0.29, 0.717) is 6.54 Å². The van der Waals surface area contributed by atoms with Crippen LogP contribution < -0.4 is 0 Å². The van der Waals surface area contributed by atoms with Gasteiger partial charge >= 0.3 is 5.97 Å². The van der Waals surface area contributed by atoms with Gasteiger partial charge in [0.2, 0.25) is 0 Å². The van der Waals surface area contributed by atoms with Crippen molar-refractivity contribution in [2.75, 3.05) is 6.54 Å². The molecule has 1 aliphatic heterocycles. The fourth-order valence-corrected chi connectivity index (χ4v) is 2.34. The van der Waals surface area contributed by atoms with Gasteiger partial charge < -0.3 is 15.0 Å². The van der Waals surface area contributed by atoms with Crippen LogP contribution in [0, 0.1) is 22.5 Å². The van der Waals surface area contributed by atoms with Crippen LogP contribution in [-0.4, -0.2) is 23.8 Å². The van der Waals surface area contributed by atoms with E-state index in [-0.39, 0.29) is 23.2 Å². The smallest absolute Gasteiger partial charge is 0.311 e. The first-order valence-corrected chi connectivity index (χ1v) is 4.64. The monoisotopic (exact) mass is 184 g/mol. The van der Waals surface area contributed by atoms with E-state index in [1.807, 2.05) is 13.8 Å². The van der Waals surface area contributed by atoms with Crippen LogP contribution in [0.3, 0.4) is 0 Å². The van der Waals surface area contributed by atoms with Gasteiger partial charge in [-0.2, -0.15) is 0 Å². The van der Waals surface area contributed by atoms with Gasteiger partial charge in [-0.05, 0) is 12.0 Å². The van der Waals surface area contributed by atoms with Gasteiger partial charge in [-0.1, -0.05) is 20.8 Å². The molecule has 2 aliphatic rings. The molecule has 0 spiro atoms. The molecule has 1 heterocycles. The molecule has 0 radical (unpaired) electrons. The average Bonchev–Trinajstić information content (AvgIpc) is 2.44. The summed E-state index contributed by atoms with van der Waals surface area (Å²) >= 11 is 0. The number of hydrogen-bond acceptors (Lipinski definition) is 4. The third-order valence-corrected chi connectivity index (χ3v) is 3.30. The van der Waals surface area contributed by atoms with Gasteiger partial charge in [0, 0.05) is 5.92 Å². The minimum Gasteiger partial charge on any atom is -0.783 e. The van der Waals surface area contributed by atoms with Crippen molar-refractivity contribution in [2.45, 2.75) is 27.0 Å². The van der Waals surface area contributed by atoms with E-state index >= 15 is 0 Å². The molecule has 1 saturated carbocycles. The van der Waals surface area contributed by atoms with E-state index in [1.165, 1.54) is 0 Å². The lowest BCUT2D eigenvalue weighted by Crippen LogP contribution is -2.35. The minimum atomic E-state index is -0.530.